The van der Waals surface area contributed by atoms with E-state index in [9.17, 15) is 0 Å². The van der Waals surface area contributed by atoms with Crippen LogP contribution in [0.3, 0.4) is 0 Å². The lowest BCUT2D eigenvalue weighted by atomic mass is 11.9. The lowest BCUT2D eigenvalue weighted by molar-refractivity contribution is 2.18. The van der Waals surface area contributed by atoms with Crippen LogP contribution in [0.2, 0.25) is 0 Å². The Morgan fingerprint density at radius 3 is 1.00 bits per heavy atom. The minimum Gasteiger partial charge on any atom is -0.197 e. The molecule has 0 aliphatic rings. The molecule has 0 amide bonds. The van der Waals surface area contributed by atoms with Gasteiger partial charge in [-0.2, -0.15) is 13.5 Å². The largest absolute Gasteiger partial charge is 0.197 e. The van der Waals surface area contributed by atoms with E-state index in [4.69, 9.17) is 0 Å². The van der Waals surface area contributed by atoms with E-state index in [0.29, 0.717) is 10.9 Å². The second-order valence-corrected chi connectivity index (χ2v) is 3.67. The van der Waals surface area contributed by atoms with E-state index in [0.717, 1.165) is 0 Å². The zero-order valence-corrected chi connectivity index (χ0v) is 5.72. The fourth-order valence-electron chi connectivity index (χ4n) is 0. The second kappa shape index (κ2) is 4.70. The van der Waals surface area contributed by atoms with Gasteiger partial charge in [0.2, 0.25) is 0 Å². The van der Waals surface area contributed by atoms with Crippen LogP contribution in [0, 0.1) is 0 Å². The Hall–Kier alpha value is 0.700. The molecule has 0 spiro atoms. The fraction of sp³-hybridized carbons (Fsp3) is 1.00. The van der Waals surface area contributed by atoms with E-state index in [1.807, 2.05) is 0 Å². The van der Waals surface area contributed by atoms with Crippen molar-refractivity contribution in [2.75, 3.05) is 18.8 Å². The molecule has 0 radical (unpaired) electrons. The van der Waals surface area contributed by atoms with Crippen molar-refractivity contribution in [2.24, 2.45) is 0 Å². The van der Waals surface area contributed by atoms with Crippen LogP contribution in [0.1, 0.15) is 0 Å². The van der Waals surface area contributed by atoms with Gasteiger partial charge in [0.25, 0.3) is 0 Å². The summed E-state index contributed by atoms with van der Waals surface area (Å²) in [6.07, 6.45) is 6.58. The summed E-state index contributed by atoms with van der Waals surface area (Å²) < 4.78 is 0. The summed E-state index contributed by atoms with van der Waals surface area (Å²) in [6, 6.07) is 0. The van der Waals surface area contributed by atoms with Crippen molar-refractivity contribution in [3.63, 3.8) is 0 Å². The molecule has 0 unspecified atom stereocenters. The van der Waals surface area contributed by atoms with Crippen molar-refractivity contribution in [1.82, 2.24) is 0 Å². The van der Waals surface area contributed by atoms with E-state index in [1.165, 1.54) is 0 Å². The SMILES string of the molecule is C[S+](C)C.S. The first-order chi connectivity index (χ1) is 1.73. The van der Waals surface area contributed by atoms with E-state index < -0.39 is 0 Å². The lowest BCUT2D eigenvalue weighted by Crippen LogP contribution is -1.84. The maximum atomic E-state index is 2.19. The zero-order chi connectivity index (χ0) is 3.58. The molecule has 0 aliphatic carbocycles. The standard InChI is InChI=1S/C3H9S.H2S/c1-4(2)3;/h1-3H3;1H2/q+1;. The molecular formula is C3H11S2+. The molecule has 0 saturated carbocycles. The summed E-state index contributed by atoms with van der Waals surface area (Å²) in [4.78, 5) is 0. The van der Waals surface area contributed by atoms with Crippen LogP contribution >= 0.6 is 13.5 Å². The van der Waals surface area contributed by atoms with Crippen LogP contribution < -0.4 is 0 Å². The van der Waals surface area contributed by atoms with Crippen LogP contribution in [-0.2, 0) is 10.9 Å². The Balaban J connectivity index is 0. The molecule has 0 aromatic heterocycles. The third-order valence-electron chi connectivity index (χ3n) is 0. The smallest absolute Gasteiger partial charge is 0.0969 e. The Bertz CT molecular complexity index is 9.61. The van der Waals surface area contributed by atoms with Gasteiger partial charge in [0.05, 0.1) is 18.8 Å². The molecule has 0 heterocycles. The summed E-state index contributed by atoms with van der Waals surface area (Å²) >= 11 is 0. The molecule has 34 valence electrons. The minimum absolute atomic E-state index is 0. The van der Waals surface area contributed by atoms with Crippen LogP contribution in [0.15, 0.2) is 0 Å². The Kier molecular flexibility index (Phi) is 8.65. The number of hydrogen-bond donors (Lipinski definition) is 0. The van der Waals surface area contributed by atoms with Gasteiger partial charge < -0.3 is 0 Å². The van der Waals surface area contributed by atoms with Gasteiger partial charge in [0.15, 0.2) is 0 Å². The molecule has 0 N–H and O–H groups in total. The molecule has 0 fully saturated rings. The topological polar surface area (TPSA) is 0 Å². The van der Waals surface area contributed by atoms with E-state index in [2.05, 4.69) is 18.8 Å². The molecule has 0 aromatic carbocycles. The van der Waals surface area contributed by atoms with Crippen molar-refractivity contribution in [3.05, 3.63) is 0 Å². The third kappa shape index (κ3) is 69.9. The molecule has 0 rings (SSSR count). The first kappa shape index (κ1) is 9.20. The number of hydrogen-bond acceptors (Lipinski definition) is 0. The van der Waals surface area contributed by atoms with Crippen LogP contribution in [0.25, 0.3) is 0 Å². The van der Waals surface area contributed by atoms with E-state index in [-0.39, 0.29) is 13.5 Å². The summed E-state index contributed by atoms with van der Waals surface area (Å²) in [5, 5.41) is 0. The second-order valence-electron chi connectivity index (χ2n) is 1.22. The highest BCUT2D eigenvalue weighted by molar-refractivity contribution is 7.94. The summed E-state index contributed by atoms with van der Waals surface area (Å²) in [5.41, 5.74) is 0. The van der Waals surface area contributed by atoms with Gasteiger partial charge in [-0.3, -0.25) is 0 Å². The molecule has 5 heavy (non-hydrogen) atoms. The van der Waals surface area contributed by atoms with Crippen molar-refractivity contribution in [1.29, 1.82) is 0 Å². The summed E-state index contributed by atoms with van der Waals surface area (Å²) in [6.45, 7) is 0. The molecular weight excluding hydrogens is 100 g/mol. The first-order valence-electron chi connectivity index (χ1n) is 1.22. The van der Waals surface area contributed by atoms with Crippen molar-refractivity contribution >= 4 is 24.4 Å². The quantitative estimate of drug-likeness (QED) is 0.402. The predicted molar refractivity (Wildman–Crippen MR) is 35.5 cm³/mol. The third-order valence-corrected chi connectivity index (χ3v) is 0. The lowest BCUT2D eigenvalue weighted by Gasteiger charge is -1.69. The van der Waals surface area contributed by atoms with Gasteiger partial charge in [0, 0.05) is 0 Å². The minimum atomic E-state index is 0. The van der Waals surface area contributed by atoms with Gasteiger partial charge in [0.1, 0.15) is 0 Å². The van der Waals surface area contributed by atoms with E-state index >= 15 is 0 Å². The normalized spacial score (nSPS) is 7.20. The molecule has 0 aliphatic heterocycles. The molecule has 0 saturated heterocycles. The van der Waals surface area contributed by atoms with Gasteiger partial charge in [-0.05, 0) is 10.9 Å². The average molecular weight is 111 g/mol. The van der Waals surface area contributed by atoms with Gasteiger partial charge in [-0.25, -0.2) is 0 Å². The molecule has 0 nitrogen and oxygen atoms in total. The maximum Gasteiger partial charge on any atom is 0.0969 e. The fourth-order valence-corrected chi connectivity index (χ4v) is 0. The zero-order valence-electron chi connectivity index (χ0n) is 3.91. The van der Waals surface area contributed by atoms with Gasteiger partial charge in [-0.15, -0.1) is 0 Å². The first-order valence-corrected chi connectivity index (χ1v) is 3.67. The monoisotopic (exact) mass is 111 g/mol. The van der Waals surface area contributed by atoms with Crippen LogP contribution in [-0.4, -0.2) is 18.8 Å². The van der Waals surface area contributed by atoms with E-state index in [1.54, 1.807) is 0 Å². The Morgan fingerprint density at radius 2 is 1.00 bits per heavy atom. The highest BCUT2D eigenvalue weighted by Gasteiger charge is 1.77. The molecule has 0 bridgehead atoms. The maximum absolute atomic E-state index is 2.19. The highest BCUT2D eigenvalue weighted by atomic mass is 32.2. The Morgan fingerprint density at radius 1 is 1.00 bits per heavy atom. The molecule has 0 aromatic rings. The number of rotatable bonds is 0. The van der Waals surface area contributed by atoms with Gasteiger partial charge in [-0.1, -0.05) is 0 Å². The van der Waals surface area contributed by atoms with Crippen LogP contribution in [0.4, 0.5) is 0 Å². The van der Waals surface area contributed by atoms with Crippen LogP contribution in [0.5, 0.6) is 0 Å². The highest BCUT2D eigenvalue weighted by Crippen LogP contribution is 1.63. The molecule has 0 atom stereocenters. The van der Waals surface area contributed by atoms with Crippen molar-refractivity contribution in [2.45, 2.75) is 0 Å². The average Bonchev–Trinajstić information content (AvgIpc) is 0.811. The Labute approximate surface area is 43.8 Å². The van der Waals surface area contributed by atoms with Crippen molar-refractivity contribution < 1.29 is 0 Å². The van der Waals surface area contributed by atoms with Gasteiger partial charge >= 0.3 is 0 Å². The predicted octanol–water partition coefficient (Wildman–Crippen LogP) is 0.607. The molecule has 2 heteroatoms. The summed E-state index contributed by atoms with van der Waals surface area (Å²) in [7, 11) is 0.639. The van der Waals surface area contributed by atoms with Crippen molar-refractivity contribution in [3.8, 4) is 0 Å². The summed E-state index contributed by atoms with van der Waals surface area (Å²) in [5.74, 6) is 0.